The van der Waals surface area contributed by atoms with Gasteiger partial charge in [0, 0.05) is 12.3 Å². The third-order valence-corrected chi connectivity index (χ3v) is 3.33. The van der Waals surface area contributed by atoms with E-state index in [2.05, 4.69) is 5.32 Å². The van der Waals surface area contributed by atoms with Gasteiger partial charge in [-0.25, -0.2) is 0 Å². The van der Waals surface area contributed by atoms with Crippen molar-refractivity contribution in [3.05, 3.63) is 28.8 Å². The summed E-state index contributed by atoms with van der Waals surface area (Å²) in [4.78, 5) is 0. The zero-order valence-electron chi connectivity index (χ0n) is 9.72. The van der Waals surface area contributed by atoms with Crippen LogP contribution in [0.25, 0.3) is 0 Å². The van der Waals surface area contributed by atoms with Crippen LogP contribution in [0.15, 0.2) is 18.2 Å². The number of anilines is 1. The van der Waals surface area contributed by atoms with Crippen LogP contribution in [0.1, 0.15) is 18.9 Å². The molecule has 2 rings (SSSR count). The molecule has 2 nitrogen and oxygen atoms in total. The van der Waals surface area contributed by atoms with Crippen LogP contribution in [-0.2, 0) is 10.9 Å². The van der Waals surface area contributed by atoms with Gasteiger partial charge >= 0.3 is 6.18 Å². The van der Waals surface area contributed by atoms with Crippen molar-refractivity contribution in [2.75, 3.05) is 11.9 Å². The van der Waals surface area contributed by atoms with E-state index >= 15 is 0 Å². The zero-order chi connectivity index (χ0) is 13.3. The van der Waals surface area contributed by atoms with E-state index < -0.39 is 11.7 Å². The van der Waals surface area contributed by atoms with E-state index in [4.69, 9.17) is 16.3 Å². The molecular formula is C12H13ClF3NO. The molecule has 0 bridgehead atoms. The standard InChI is InChI=1S/C12H13ClF3NO/c1-7-11(4-5-18-7)17-8-2-3-10(13)9(6-8)12(14,15)16/h2-3,6-7,11,17H,4-5H2,1H3. The van der Waals surface area contributed by atoms with Gasteiger partial charge in [-0.3, -0.25) is 0 Å². The molecular weight excluding hydrogens is 267 g/mol. The minimum atomic E-state index is -4.44. The van der Waals surface area contributed by atoms with Crippen LogP contribution < -0.4 is 5.32 Å². The first-order valence-corrected chi connectivity index (χ1v) is 6.00. The largest absolute Gasteiger partial charge is 0.417 e. The Morgan fingerprint density at radius 1 is 1.39 bits per heavy atom. The maximum atomic E-state index is 12.7. The number of hydrogen-bond acceptors (Lipinski definition) is 2. The van der Waals surface area contributed by atoms with Crippen molar-refractivity contribution in [3.63, 3.8) is 0 Å². The summed E-state index contributed by atoms with van der Waals surface area (Å²) >= 11 is 5.55. The van der Waals surface area contributed by atoms with Gasteiger partial charge in [0.1, 0.15) is 0 Å². The number of nitrogens with one attached hydrogen (secondary N) is 1. The maximum Gasteiger partial charge on any atom is 0.417 e. The van der Waals surface area contributed by atoms with Crippen molar-refractivity contribution in [2.24, 2.45) is 0 Å². The molecule has 0 saturated carbocycles. The molecule has 1 aromatic carbocycles. The molecule has 2 unspecified atom stereocenters. The lowest BCUT2D eigenvalue weighted by Crippen LogP contribution is -2.26. The molecule has 1 aliphatic heterocycles. The van der Waals surface area contributed by atoms with Crippen LogP contribution in [0.3, 0.4) is 0 Å². The zero-order valence-corrected chi connectivity index (χ0v) is 10.5. The third kappa shape index (κ3) is 2.90. The monoisotopic (exact) mass is 279 g/mol. The fraction of sp³-hybridized carbons (Fsp3) is 0.500. The van der Waals surface area contributed by atoms with E-state index in [0.717, 1.165) is 12.5 Å². The molecule has 0 spiro atoms. The summed E-state index contributed by atoms with van der Waals surface area (Å²) in [5, 5.41) is 2.76. The minimum absolute atomic E-state index is 0.00462. The topological polar surface area (TPSA) is 21.3 Å². The summed E-state index contributed by atoms with van der Waals surface area (Å²) in [6, 6.07) is 3.87. The van der Waals surface area contributed by atoms with Crippen molar-refractivity contribution in [1.29, 1.82) is 0 Å². The third-order valence-electron chi connectivity index (χ3n) is 3.00. The molecule has 0 aliphatic carbocycles. The van der Waals surface area contributed by atoms with Gasteiger partial charge < -0.3 is 10.1 Å². The molecule has 0 radical (unpaired) electrons. The number of rotatable bonds is 2. The van der Waals surface area contributed by atoms with E-state index in [1.807, 2.05) is 6.92 Å². The number of hydrogen-bond donors (Lipinski definition) is 1. The molecule has 100 valence electrons. The minimum Gasteiger partial charge on any atom is -0.380 e. The Hall–Kier alpha value is -0.940. The normalized spacial score (nSPS) is 24.3. The van der Waals surface area contributed by atoms with Crippen LogP contribution >= 0.6 is 11.6 Å². The van der Waals surface area contributed by atoms with E-state index in [0.29, 0.717) is 12.3 Å². The summed E-state index contributed by atoms with van der Waals surface area (Å²) in [7, 11) is 0. The van der Waals surface area contributed by atoms with Crippen LogP contribution in [-0.4, -0.2) is 18.8 Å². The highest BCUT2D eigenvalue weighted by atomic mass is 35.5. The highest BCUT2D eigenvalue weighted by Gasteiger charge is 2.33. The fourth-order valence-electron chi connectivity index (χ4n) is 1.97. The Bertz CT molecular complexity index is 436. The van der Waals surface area contributed by atoms with E-state index in [1.165, 1.54) is 6.07 Å². The van der Waals surface area contributed by atoms with Crippen molar-refractivity contribution < 1.29 is 17.9 Å². The first-order valence-electron chi connectivity index (χ1n) is 5.63. The molecule has 0 aromatic heterocycles. The van der Waals surface area contributed by atoms with Crippen LogP contribution in [0.4, 0.5) is 18.9 Å². The molecule has 18 heavy (non-hydrogen) atoms. The van der Waals surface area contributed by atoms with Crippen LogP contribution in [0.2, 0.25) is 5.02 Å². The average molecular weight is 280 g/mol. The number of alkyl halides is 3. The van der Waals surface area contributed by atoms with Crippen molar-refractivity contribution in [3.8, 4) is 0 Å². The second kappa shape index (κ2) is 4.97. The Morgan fingerprint density at radius 2 is 2.11 bits per heavy atom. The summed E-state index contributed by atoms with van der Waals surface area (Å²) in [6.07, 6.45) is -3.66. The summed E-state index contributed by atoms with van der Waals surface area (Å²) < 4.78 is 43.4. The molecule has 0 amide bonds. The van der Waals surface area contributed by atoms with Gasteiger partial charge in [0.2, 0.25) is 0 Å². The van der Waals surface area contributed by atoms with E-state index in [9.17, 15) is 13.2 Å². The van der Waals surface area contributed by atoms with E-state index in [1.54, 1.807) is 6.07 Å². The number of ether oxygens (including phenoxy) is 1. The Morgan fingerprint density at radius 3 is 2.67 bits per heavy atom. The Balaban J connectivity index is 2.19. The molecule has 1 aliphatic rings. The van der Waals surface area contributed by atoms with Crippen LogP contribution in [0.5, 0.6) is 0 Å². The highest BCUT2D eigenvalue weighted by molar-refractivity contribution is 6.31. The first-order chi connectivity index (χ1) is 8.38. The maximum absolute atomic E-state index is 12.7. The second-order valence-electron chi connectivity index (χ2n) is 4.31. The SMILES string of the molecule is CC1OCCC1Nc1ccc(Cl)c(C(F)(F)F)c1. The summed E-state index contributed by atoms with van der Waals surface area (Å²) in [6.45, 7) is 2.52. The second-order valence-corrected chi connectivity index (χ2v) is 4.71. The van der Waals surface area contributed by atoms with Gasteiger partial charge in [0.05, 0.1) is 22.7 Å². The molecule has 6 heteroatoms. The lowest BCUT2D eigenvalue weighted by atomic mass is 10.1. The molecule has 1 aromatic rings. The van der Waals surface area contributed by atoms with Gasteiger partial charge in [-0.05, 0) is 31.5 Å². The van der Waals surface area contributed by atoms with Gasteiger partial charge in [-0.1, -0.05) is 11.6 Å². The lowest BCUT2D eigenvalue weighted by molar-refractivity contribution is -0.137. The summed E-state index contributed by atoms with van der Waals surface area (Å²) in [5.74, 6) is 0. The summed E-state index contributed by atoms with van der Waals surface area (Å²) in [5.41, 5.74) is -0.408. The van der Waals surface area contributed by atoms with Gasteiger partial charge in [-0.15, -0.1) is 0 Å². The smallest absolute Gasteiger partial charge is 0.380 e. The first kappa shape index (κ1) is 13.5. The van der Waals surface area contributed by atoms with Crippen molar-refractivity contribution in [1.82, 2.24) is 0 Å². The highest BCUT2D eigenvalue weighted by Crippen LogP contribution is 2.36. The fourth-order valence-corrected chi connectivity index (χ4v) is 2.19. The van der Waals surface area contributed by atoms with Crippen molar-refractivity contribution in [2.45, 2.75) is 31.7 Å². The molecule has 1 N–H and O–H groups in total. The predicted octanol–water partition coefficient (Wildman–Crippen LogP) is 3.95. The van der Waals surface area contributed by atoms with Gasteiger partial charge in [0.25, 0.3) is 0 Å². The average Bonchev–Trinajstić information content (AvgIpc) is 2.66. The number of benzene rings is 1. The molecule has 1 saturated heterocycles. The lowest BCUT2D eigenvalue weighted by Gasteiger charge is -2.18. The van der Waals surface area contributed by atoms with Gasteiger partial charge in [0.15, 0.2) is 0 Å². The van der Waals surface area contributed by atoms with Gasteiger partial charge in [-0.2, -0.15) is 13.2 Å². The Kier molecular flexibility index (Phi) is 3.73. The Labute approximate surface area is 108 Å². The molecule has 1 heterocycles. The van der Waals surface area contributed by atoms with Crippen molar-refractivity contribution >= 4 is 17.3 Å². The number of halogens is 4. The predicted molar refractivity (Wildman–Crippen MR) is 63.9 cm³/mol. The molecule has 2 atom stereocenters. The van der Waals surface area contributed by atoms with Crippen LogP contribution in [0, 0.1) is 0 Å². The molecule has 1 fully saturated rings. The van der Waals surface area contributed by atoms with E-state index in [-0.39, 0.29) is 17.2 Å². The quantitative estimate of drug-likeness (QED) is 0.885.